The number of fused-ring (bicyclic) bond motifs is 1. The summed E-state index contributed by atoms with van der Waals surface area (Å²) >= 11 is 7.40. The first-order valence-electron chi connectivity index (χ1n) is 7.36. The van der Waals surface area contributed by atoms with Crippen molar-refractivity contribution >= 4 is 33.8 Å². The van der Waals surface area contributed by atoms with Crippen LogP contribution in [0, 0.1) is 11.3 Å². The molecule has 1 aromatic heterocycles. The normalized spacial score (nSPS) is 14.0. The smallest absolute Gasteiger partial charge is 0.265 e. The lowest BCUT2D eigenvalue weighted by atomic mass is 10.1. The number of rotatable bonds is 4. The van der Waals surface area contributed by atoms with Gasteiger partial charge in [0.15, 0.2) is 6.10 Å². The van der Waals surface area contributed by atoms with Gasteiger partial charge in [-0.2, -0.15) is 5.26 Å². The van der Waals surface area contributed by atoms with Gasteiger partial charge in [-0.25, -0.2) is 0 Å². The van der Waals surface area contributed by atoms with E-state index in [0.29, 0.717) is 21.3 Å². The van der Waals surface area contributed by atoms with Crippen LogP contribution >= 0.6 is 22.9 Å². The summed E-state index contributed by atoms with van der Waals surface area (Å²) in [7, 11) is 0. The Morgan fingerprint density at radius 3 is 3.04 bits per heavy atom. The van der Waals surface area contributed by atoms with E-state index in [2.05, 4.69) is 11.4 Å². The van der Waals surface area contributed by atoms with Gasteiger partial charge in [0.25, 0.3) is 5.91 Å². The molecule has 1 atom stereocenters. The number of nitriles is 1. The van der Waals surface area contributed by atoms with Crippen LogP contribution in [0.15, 0.2) is 24.3 Å². The number of carbonyl (C=O) groups is 1. The summed E-state index contributed by atoms with van der Waals surface area (Å²) in [5.74, 6) is 0.260. The van der Waals surface area contributed by atoms with E-state index in [1.165, 1.54) is 16.2 Å². The topological polar surface area (TPSA) is 62.1 Å². The fourth-order valence-electron chi connectivity index (χ4n) is 2.62. The summed E-state index contributed by atoms with van der Waals surface area (Å²) in [6.45, 7) is 1.67. The second kappa shape index (κ2) is 6.61. The third kappa shape index (κ3) is 3.34. The van der Waals surface area contributed by atoms with Crippen molar-refractivity contribution in [1.82, 2.24) is 0 Å². The summed E-state index contributed by atoms with van der Waals surface area (Å²) in [6.07, 6.45) is 2.30. The highest BCUT2D eigenvalue weighted by atomic mass is 35.5. The molecule has 1 heterocycles. The molecule has 0 bridgehead atoms. The Morgan fingerprint density at radius 1 is 1.48 bits per heavy atom. The number of halogens is 1. The number of aryl methyl sites for hydroxylation is 1. The van der Waals surface area contributed by atoms with Gasteiger partial charge in [-0.05, 0) is 49.9 Å². The molecule has 1 aliphatic rings. The van der Waals surface area contributed by atoms with E-state index >= 15 is 0 Å². The summed E-state index contributed by atoms with van der Waals surface area (Å²) in [5.41, 5.74) is 1.70. The van der Waals surface area contributed by atoms with Gasteiger partial charge in [-0.15, -0.1) is 11.3 Å². The van der Waals surface area contributed by atoms with Crippen LogP contribution in [0.4, 0.5) is 5.00 Å². The van der Waals surface area contributed by atoms with Crippen molar-refractivity contribution in [3.05, 3.63) is 45.3 Å². The number of carbonyl (C=O) groups excluding carboxylic acids is 1. The third-order valence-corrected chi connectivity index (χ3v) is 5.19. The van der Waals surface area contributed by atoms with Gasteiger partial charge in [0, 0.05) is 9.90 Å². The summed E-state index contributed by atoms with van der Waals surface area (Å²) in [4.78, 5) is 13.5. The van der Waals surface area contributed by atoms with Crippen LogP contribution in [0.25, 0.3) is 0 Å². The Balaban J connectivity index is 1.71. The van der Waals surface area contributed by atoms with Gasteiger partial charge in [0.1, 0.15) is 16.8 Å². The van der Waals surface area contributed by atoms with E-state index < -0.39 is 6.10 Å². The minimum Gasteiger partial charge on any atom is -0.481 e. The van der Waals surface area contributed by atoms with Crippen LogP contribution < -0.4 is 10.1 Å². The molecule has 3 rings (SSSR count). The van der Waals surface area contributed by atoms with Crippen molar-refractivity contribution in [1.29, 1.82) is 5.26 Å². The number of hydrogen-bond acceptors (Lipinski definition) is 4. The molecule has 2 aromatic rings. The van der Waals surface area contributed by atoms with E-state index in [0.717, 1.165) is 24.8 Å². The minimum atomic E-state index is -0.683. The molecule has 0 unspecified atom stereocenters. The molecule has 0 radical (unpaired) electrons. The van der Waals surface area contributed by atoms with E-state index in [4.69, 9.17) is 16.3 Å². The maximum Gasteiger partial charge on any atom is 0.265 e. The second-order valence-corrected chi connectivity index (χ2v) is 6.92. The van der Waals surface area contributed by atoms with E-state index in [1.54, 1.807) is 31.2 Å². The summed E-state index contributed by atoms with van der Waals surface area (Å²) in [6, 6.07) is 9.12. The molecule has 0 aliphatic heterocycles. The van der Waals surface area contributed by atoms with Gasteiger partial charge in [-0.3, -0.25) is 4.79 Å². The first-order valence-corrected chi connectivity index (χ1v) is 8.55. The highest BCUT2D eigenvalue weighted by Gasteiger charge is 2.24. The van der Waals surface area contributed by atoms with E-state index in [9.17, 15) is 10.1 Å². The molecule has 0 saturated heterocycles. The lowest BCUT2D eigenvalue weighted by Crippen LogP contribution is -2.30. The molecule has 4 nitrogen and oxygen atoms in total. The van der Waals surface area contributed by atoms with Crippen LogP contribution in [0.5, 0.6) is 5.75 Å². The predicted octanol–water partition coefficient (Wildman–Crippen LogP) is 4.17. The van der Waals surface area contributed by atoms with Crippen molar-refractivity contribution in [2.75, 3.05) is 5.32 Å². The molecule has 0 fully saturated rings. The zero-order chi connectivity index (χ0) is 16.4. The SMILES string of the molecule is C[C@@H](Oc1cccc(Cl)c1)C(=O)Nc1sc2c(c1C#N)CCC2. The fraction of sp³-hybridized carbons (Fsp3) is 0.294. The van der Waals surface area contributed by atoms with Gasteiger partial charge in [-0.1, -0.05) is 17.7 Å². The summed E-state index contributed by atoms with van der Waals surface area (Å²) in [5, 5.41) is 13.4. The number of nitrogens with zero attached hydrogens (tertiary/aromatic N) is 1. The van der Waals surface area contributed by atoms with Crippen molar-refractivity contribution in [2.24, 2.45) is 0 Å². The number of benzene rings is 1. The van der Waals surface area contributed by atoms with Gasteiger partial charge in [0.2, 0.25) is 0 Å². The van der Waals surface area contributed by atoms with Crippen LogP contribution in [0.2, 0.25) is 5.02 Å². The second-order valence-electron chi connectivity index (χ2n) is 5.38. The Morgan fingerprint density at radius 2 is 2.30 bits per heavy atom. The van der Waals surface area contributed by atoms with Gasteiger partial charge in [0.05, 0.1) is 5.56 Å². The van der Waals surface area contributed by atoms with E-state index in [-0.39, 0.29) is 5.91 Å². The third-order valence-electron chi connectivity index (χ3n) is 3.75. The average Bonchev–Trinajstić information content (AvgIpc) is 3.07. The van der Waals surface area contributed by atoms with E-state index in [1.807, 2.05) is 0 Å². The van der Waals surface area contributed by atoms with Crippen LogP contribution in [0.3, 0.4) is 0 Å². The summed E-state index contributed by atoms with van der Waals surface area (Å²) < 4.78 is 5.61. The standard InChI is InChI=1S/C17H15ClN2O2S/c1-10(22-12-5-2-4-11(18)8-12)16(21)20-17-14(9-19)13-6-3-7-15(13)23-17/h2,4-5,8,10H,3,6-7H2,1H3,(H,20,21)/t10-/m1/s1. The molecule has 1 aromatic carbocycles. The molecule has 1 amide bonds. The molecule has 1 N–H and O–H groups in total. The first kappa shape index (κ1) is 15.9. The van der Waals surface area contributed by atoms with Crippen molar-refractivity contribution in [3.8, 4) is 11.8 Å². The van der Waals surface area contributed by atoms with Crippen LogP contribution in [-0.2, 0) is 17.6 Å². The van der Waals surface area contributed by atoms with Crippen molar-refractivity contribution in [3.63, 3.8) is 0 Å². The van der Waals surface area contributed by atoms with Crippen molar-refractivity contribution < 1.29 is 9.53 Å². The lowest BCUT2D eigenvalue weighted by Gasteiger charge is -2.14. The number of ether oxygens (including phenoxy) is 1. The quantitative estimate of drug-likeness (QED) is 0.903. The molecule has 23 heavy (non-hydrogen) atoms. The highest BCUT2D eigenvalue weighted by Crippen LogP contribution is 2.38. The highest BCUT2D eigenvalue weighted by molar-refractivity contribution is 7.16. The van der Waals surface area contributed by atoms with Gasteiger partial charge >= 0.3 is 0 Å². The Kier molecular flexibility index (Phi) is 4.56. The predicted molar refractivity (Wildman–Crippen MR) is 91.2 cm³/mol. The fourth-order valence-corrected chi connectivity index (χ4v) is 4.05. The monoisotopic (exact) mass is 346 g/mol. The average molecular weight is 347 g/mol. The Hall–Kier alpha value is -2.03. The largest absolute Gasteiger partial charge is 0.481 e. The molecular weight excluding hydrogens is 332 g/mol. The number of thiophene rings is 1. The Labute approximate surface area is 143 Å². The minimum absolute atomic E-state index is 0.276. The van der Waals surface area contributed by atoms with Crippen LogP contribution in [0.1, 0.15) is 29.3 Å². The zero-order valence-corrected chi connectivity index (χ0v) is 14.1. The lowest BCUT2D eigenvalue weighted by molar-refractivity contribution is -0.122. The van der Waals surface area contributed by atoms with Gasteiger partial charge < -0.3 is 10.1 Å². The maximum atomic E-state index is 12.3. The molecule has 118 valence electrons. The molecule has 1 aliphatic carbocycles. The first-order chi connectivity index (χ1) is 11.1. The Bertz CT molecular complexity index is 794. The molecule has 6 heteroatoms. The zero-order valence-electron chi connectivity index (χ0n) is 12.6. The molecule has 0 spiro atoms. The number of amides is 1. The molecular formula is C17H15ClN2O2S. The number of nitrogens with one attached hydrogen (secondary N) is 1. The number of hydrogen-bond donors (Lipinski definition) is 1. The van der Waals surface area contributed by atoms with Crippen molar-refractivity contribution in [2.45, 2.75) is 32.3 Å². The number of anilines is 1. The van der Waals surface area contributed by atoms with Crippen LogP contribution in [-0.4, -0.2) is 12.0 Å². The molecule has 0 saturated carbocycles. The maximum absolute atomic E-state index is 12.3.